The summed E-state index contributed by atoms with van der Waals surface area (Å²) >= 11 is 0. The molecule has 4 rings (SSSR count). The second-order valence-corrected chi connectivity index (χ2v) is 5.81. The number of carbonyl (C=O) groups is 1. The second-order valence-electron chi connectivity index (χ2n) is 5.81. The van der Waals surface area contributed by atoms with Crippen LogP contribution in [0, 0.1) is 6.92 Å². The molecule has 0 atom stereocenters. The summed E-state index contributed by atoms with van der Waals surface area (Å²) in [4.78, 5) is 21.6. The normalized spacial score (nSPS) is 10.8. The number of methoxy groups -OCH3 is 1. The number of hydrogen-bond donors (Lipinski definition) is 0. The Bertz CT molecular complexity index is 1090. The first-order valence-electron chi connectivity index (χ1n) is 8.13. The zero-order chi connectivity index (χ0) is 18.1. The van der Waals surface area contributed by atoms with Crippen LogP contribution in [0.2, 0.25) is 0 Å². The first kappa shape index (κ1) is 16.0. The average molecular weight is 344 g/mol. The molecule has 0 aliphatic carbocycles. The van der Waals surface area contributed by atoms with E-state index >= 15 is 0 Å². The lowest BCUT2D eigenvalue weighted by molar-refractivity contribution is 0.103. The van der Waals surface area contributed by atoms with Crippen molar-refractivity contribution in [3.8, 4) is 11.4 Å². The zero-order valence-electron chi connectivity index (χ0n) is 14.4. The molecule has 0 aliphatic heterocycles. The van der Waals surface area contributed by atoms with Crippen molar-refractivity contribution in [2.24, 2.45) is 0 Å². The number of hydrogen-bond acceptors (Lipinski definition) is 5. The molecule has 0 amide bonds. The van der Waals surface area contributed by atoms with Crippen LogP contribution in [0.3, 0.4) is 0 Å². The fourth-order valence-electron chi connectivity index (χ4n) is 2.92. The fourth-order valence-corrected chi connectivity index (χ4v) is 2.92. The standard InChI is InChI=1S/C20H16N4O2/c1-13-17-18(19(25)14-8-10-16(26-2)11-9-14)21-12-22-20(17)24(23-13)15-6-4-3-5-7-15/h3-12H,1-2H3. The summed E-state index contributed by atoms with van der Waals surface area (Å²) in [6.07, 6.45) is 1.40. The molecule has 0 N–H and O–H groups in total. The molecular formula is C20H16N4O2. The van der Waals surface area contributed by atoms with Gasteiger partial charge in [-0.2, -0.15) is 5.10 Å². The van der Waals surface area contributed by atoms with Crippen molar-refractivity contribution >= 4 is 16.8 Å². The second kappa shape index (κ2) is 6.40. The third-order valence-electron chi connectivity index (χ3n) is 4.21. The maximum atomic E-state index is 13.0. The van der Waals surface area contributed by atoms with Crippen molar-refractivity contribution in [1.82, 2.24) is 19.7 Å². The third-order valence-corrected chi connectivity index (χ3v) is 4.21. The van der Waals surface area contributed by atoms with Crippen LogP contribution in [0.1, 0.15) is 21.7 Å². The molecule has 0 saturated carbocycles. The van der Waals surface area contributed by atoms with E-state index in [2.05, 4.69) is 15.1 Å². The number of rotatable bonds is 4. The summed E-state index contributed by atoms with van der Waals surface area (Å²) in [5, 5.41) is 5.23. The Morgan fingerprint density at radius 1 is 1.00 bits per heavy atom. The number of nitrogens with zero attached hydrogens (tertiary/aromatic N) is 4. The predicted octanol–water partition coefficient (Wildman–Crippen LogP) is 3.36. The van der Waals surface area contributed by atoms with E-state index in [0.717, 1.165) is 5.69 Å². The molecule has 0 bridgehead atoms. The molecule has 0 radical (unpaired) electrons. The van der Waals surface area contributed by atoms with Gasteiger partial charge in [-0.25, -0.2) is 14.6 Å². The molecule has 2 aromatic heterocycles. The minimum atomic E-state index is -0.171. The van der Waals surface area contributed by atoms with Gasteiger partial charge in [0.25, 0.3) is 0 Å². The van der Waals surface area contributed by atoms with Gasteiger partial charge in [-0.15, -0.1) is 0 Å². The van der Waals surface area contributed by atoms with Crippen molar-refractivity contribution in [3.63, 3.8) is 0 Å². The quantitative estimate of drug-likeness (QED) is 0.531. The molecule has 6 heteroatoms. The number of fused-ring (bicyclic) bond motifs is 1. The molecule has 0 spiro atoms. The first-order chi connectivity index (χ1) is 12.7. The molecule has 0 saturated heterocycles. The van der Waals surface area contributed by atoms with Crippen molar-refractivity contribution in [3.05, 3.63) is 77.9 Å². The Hall–Kier alpha value is -3.54. The minimum Gasteiger partial charge on any atom is -0.497 e. The van der Waals surface area contributed by atoms with E-state index in [-0.39, 0.29) is 5.78 Å². The number of carbonyl (C=O) groups excluding carboxylic acids is 1. The van der Waals surface area contributed by atoms with Crippen molar-refractivity contribution in [1.29, 1.82) is 0 Å². The largest absolute Gasteiger partial charge is 0.497 e. The van der Waals surface area contributed by atoms with Crippen molar-refractivity contribution < 1.29 is 9.53 Å². The van der Waals surface area contributed by atoms with Gasteiger partial charge in [0.05, 0.1) is 23.9 Å². The average Bonchev–Trinajstić information content (AvgIpc) is 3.05. The molecule has 128 valence electrons. The van der Waals surface area contributed by atoms with Crippen LogP contribution in [0.15, 0.2) is 60.9 Å². The number of ether oxygens (including phenoxy) is 1. The first-order valence-corrected chi connectivity index (χ1v) is 8.13. The minimum absolute atomic E-state index is 0.171. The summed E-state index contributed by atoms with van der Waals surface area (Å²) in [6.45, 7) is 1.86. The van der Waals surface area contributed by atoms with E-state index < -0.39 is 0 Å². The highest BCUT2D eigenvalue weighted by Gasteiger charge is 2.20. The van der Waals surface area contributed by atoms with E-state index in [9.17, 15) is 4.79 Å². The summed E-state index contributed by atoms with van der Waals surface area (Å²) in [5.74, 6) is 0.526. The zero-order valence-corrected chi connectivity index (χ0v) is 14.4. The summed E-state index contributed by atoms with van der Waals surface area (Å²) in [6, 6.07) is 16.7. The van der Waals surface area contributed by atoms with Gasteiger partial charge in [-0.3, -0.25) is 4.79 Å². The number of aryl methyl sites for hydroxylation is 1. The Morgan fingerprint density at radius 2 is 1.73 bits per heavy atom. The van der Waals surface area contributed by atoms with Crippen LogP contribution in [-0.4, -0.2) is 32.6 Å². The highest BCUT2D eigenvalue weighted by molar-refractivity contribution is 6.14. The lowest BCUT2D eigenvalue weighted by atomic mass is 10.1. The summed E-state index contributed by atoms with van der Waals surface area (Å²) in [5.41, 5.74) is 3.09. The molecule has 2 aromatic carbocycles. The van der Waals surface area contributed by atoms with Crippen LogP contribution < -0.4 is 4.74 Å². The molecule has 26 heavy (non-hydrogen) atoms. The topological polar surface area (TPSA) is 69.9 Å². The van der Waals surface area contributed by atoms with E-state index in [1.54, 1.807) is 36.1 Å². The van der Waals surface area contributed by atoms with Crippen LogP contribution in [0.5, 0.6) is 5.75 Å². The van der Waals surface area contributed by atoms with Gasteiger partial charge in [0.2, 0.25) is 5.78 Å². The molecule has 4 aromatic rings. The van der Waals surface area contributed by atoms with Gasteiger partial charge in [0.15, 0.2) is 5.65 Å². The van der Waals surface area contributed by atoms with Crippen molar-refractivity contribution in [2.75, 3.05) is 7.11 Å². The highest BCUT2D eigenvalue weighted by Crippen LogP contribution is 2.24. The van der Waals surface area contributed by atoms with Gasteiger partial charge in [-0.1, -0.05) is 18.2 Å². The van der Waals surface area contributed by atoms with E-state index in [1.807, 2.05) is 37.3 Å². The maximum Gasteiger partial charge on any atom is 0.212 e. The van der Waals surface area contributed by atoms with Gasteiger partial charge in [-0.05, 0) is 43.3 Å². The maximum absolute atomic E-state index is 13.0. The third kappa shape index (κ3) is 2.61. The SMILES string of the molecule is COc1ccc(C(=O)c2ncnc3c2c(C)nn3-c2ccccc2)cc1. The van der Waals surface area contributed by atoms with Crippen molar-refractivity contribution in [2.45, 2.75) is 6.92 Å². The van der Waals surface area contributed by atoms with E-state index in [4.69, 9.17) is 4.74 Å². The lowest BCUT2D eigenvalue weighted by Crippen LogP contribution is -2.06. The lowest BCUT2D eigenvalue weighted by Gasteiger charge is -2.05. The predicted molar refractivity (Wildman–Crippen MR) is 97.8 cm³/mol. The smallest absolute Gasteiger partial charge is 0.212 e. The molecule has 0 aliphatic rings. The van der Waals surface area contributed by atoms with Crippen LogP contribution in [0.25, 0.3) is 16.7 Å². The van der Waals surface area contributed by atoms with Gasteiger partial charge in [0, 0.05) is 5.56 Å². The number of para-hydroxylation sites is 1. The highest BCUT2D eigenvalue weighted by atomic mass is 16.5. The van der Waals surface area contributed by atoms with E-state index in [1.165, 1.54) is 6.33 Å². The molecule has 0 unspecified atom stereocenters. The van der Waals surface area contributed by atoms with Crippen LogP contribution in [0.4, 0.5) is 0 Å². The number of ketones is 1. The monoisotopic (exact) mass is 344 g/mol. The Kier molecular flexibility index (Phi) is 3.93. The Labute approximate surface area is 150 Å². The van der Waals surface area contributed by atoms with Gasteiger partial charge >= 0.3 is 0 Å². The van der Waals surface area contributed by atoms with E-state index in [0.29, 0.717) is 33.7 Å². The molecule has 6 nitrogen and oxygen atoms in total. The number of benzene rings is 2. The number of aromatic nitrogens is 4. The Balaban J connectivity index is 1.86. The molecular weight excluding hydrogens is 328 g/mol. The summed E-state index contributed by atoms with van der Waals surface area (Å²) < 4.78 is 6.88. The summed E-state index contributed by atoms with van der Waals surface area (Å²) in [7, 11) is 1.59. The fraction of sp³-hybridized carbons (Fsp3) is 0.100. The Morgan fingerprint density at radius 3 is 2.42 bits per heavy atom. The molecule has 0 fully saturated rings. The van der Waals surface area contributed by atoms with Gasteiger partial charge in [0.1, 0.15) is 17.8 Å². The van der Waals surface area contributed by atoms with Gasteiger partial charge < -0.3 is 4.74 Å². The van der Waals surface area contributed by atoms with Crippen LogP contribution in [-0.2, 0) is 0 Å². The molecule has 2 heterocycles. The van der Waals surface area contributed by atoms with Crippen LogP contribution >= 0.6 is 0 Å².